The van der Waals surface area contributed by atoms with Crippen LogP contribution in [-0.4, -0.2) is 96.7 Å². The molecule has 3 N–H and O–H groups in total. The highest BCUT2D eigenvalue weighted by Crippen LogP contribution is 2.45. The first-order chi connectivity index (χ1) is 50.3. The highest BCUT2D eigenvalue weighted by molar-refractivity contribution is 7.47. The molecular formula is C85H162O17P2. The van der Waals surface area contributed by atoms with Crippen molar-refractivity contribution >= 4 is 39.5 Å². The van der Waals surface area contributed by atoms with Crippen molar-refractivity contribution in [3.63, 3.8) is 0 Å². The van der Waals surface area contributed by atoms with Gasteiger partial charge in [0.2, 0.25) is 0 Å². The SMILES string of the molecule is CCCCCC/C=C\C=C/CCCCCCCC(=O)O[C@H](COC(=O)CCCCCCCCCCCCCCCCC(C)C)COP(=O)(O)OCC(O)COP(=O)(O)OC[C@@H](COC(=O)CCCCCCCCCC(C)C)OC(=O)CCCCCCCCCCCCCCCCCCCCC(C)CC. The Morgan fingerprint density at radius 1 is 0.317 bits per heavy atom. The van der Waals surface area contributed by atoms with Gasteiger partial charge in [0.05, 0.1) is 26.4 Å². The Kier molecular flexibility index (Phi) is 72.9. The zero-order valence-electron chi connectivity index (χ0n) is 68.0. The third-order valence-corrected chi connectivity index (χ3v) is 21.5. The van der Waals surface area contributed by atoms with E-state index in [1.165, 1.54) is 212 Å². The Morgan fingerprint density at radius 3 is 0.856 bits per heavy atom. The largest absolute Gasteiger partial charge is 0.472 e. The van der Waals surface area contributed by atoms with E-state index < -0.39 is 97.5 Å². The Balaban J connectivity index is 5.23. The summed E-state index contributed by atoms with van der Waals surface area (Å²) in [7, 11) is -9.94. The zero-order valence-corrected chi connectivity index (χ0v) is 69.8. The first kappa shape index (κ1) is 102. The molecule has 0 aromatic carbocycles. The number of phosphoric ester groups is 2. The fourth-order valence-electron chi connectivity index (χ4n) is 12.6. The highest BCUT2D eigenvalue weighted by atomic mass is 31.2. The molecule has 0 aliphatic heterocycles. The molecular weight excluding hydrogens is 1350 g/mol. The quantitative estimate of drug-likeness (QED) is 0.0169. The van der Waals surface area contributed by atoms with Crippen LogP contribution in [0.5, 0.6) is 0 Å². The number of carbonyl (C=O) groups excluding carboxylic acids is 4. The first-order valence-electron chi connectivity index (χ1n) is 43.2. The van der Waals surface area contributed by atoms with Crippen LogP contribution in [0.2, 0.25) is 0 Å². The molecule has 0 fully saturated rings. The van der Waals surface area contributed by atoms with Gasteiger partial charge in [-0.25, -0.2) is 9.13 Å². The summed E-state index contributed by atoms with van der Waals surface area (Å²) in [5.74, 6) is 0.232. The van der Waals surface area contributed by atoms with E-state index >= 15 is 0 Å². The van der Waals surface area contributed by atoms with Crippen LogP contribution in [0.25, 0.3) is 0 Å². The lowest BCUT2D eigenvalue weighted by Crippen LogP contribution is -2.30. The van der Waals surface area contributed by atoms with Gasteiger partial charge in [0.25, 0.3) is 0 Å². The van der Waals surface area contributed by atoms with Crippen LogP contribution in [-0.2, 0) is 65.4 Å². The molecule has 17 nitrogen and oxygen atoms in total. The van der Waals surface area contributed by atoms with Crippen LogP contribution in [0.15, 0.2) is 24.3 Å². The molecule has 614 valence electrons. The normalized spacial score (nSPS) is 14.3. The van der Waals surface area contributed by atoms with E-state index in [1.54, 1.807) is 0 Å². The summed E-state index contributed by atoms with van der Waals surface area (Å²) >= 11 is 0. The molecule has 0 saturated carbocycles. The van der Waals surface area contributed by atoms with Gasteiger partial charge in [-0.1, -0.05) is 368 Å². The van der Waals surface area contributed by atoms with Gasteiger partial charge in [0.1, 0.15) is 19.3 Å². The van der Waals surface area contributed by atoms with E-state index in [9.17, 15) is 43.2 Å². The highest BCUT2D eigenvalue weighted by Gasteiger charge is 2.30. The van der Waals surface area contributed by atoms with Gasteiger partial charge in [-0.05, 0) is 69.1 Å². The molecule has 0 radical (unpaired) electrons. The van der Waals surface area contributed by atoms with Crippen molar-refractivity contribution in [1.29, 1.82) is 0 Å². The predicted molar refractivity (Wildman–Crippen MR) is 427 cm³/mol. The van der Waals surface area contributed by atoms with Crippen molar-refractivity contribution in [2.45, 2.75) is 439 Å². The topological polar surface area (TPSA) is 237 Å². The second-order valence-electron chi connectivity index (χ2n) is 31.1. The van der Waals surface area contributed by atoms with Crippen LogP contribution in [0.3, 0.4) is 0 Å². The van der Waals surface area contributed by atoms with Crippen molar-refractivity contribution in [2.75, 3.05) is 39.6 Å². The monoisotopic (exact) mass is 1520 g/mol. The van der Waals surface area contributed by atoms with Gasteiger partial charge in [-0.15, -0.1) is 0 Å². The molecule has 0 aliphatic rings. The number of aliphatic hydroxyl groups excluding tert-OH is 1. The lowest BCUT2D eigenvalue weighted by molar-refractivity contribution is -0.161. The molecule has 0 aromatic rings. The number of rotatable bonds is 81. The van der Waals surface area contributed by atoms with Gasteiger partial charge in [-0.2, -0.15) is 0 Å². The molecule has 0 bridgehead atoms. The third kappa shape index (κ3) is 76.3. The van der Waals surface area contributed by atoms with E-state index in [1.807, 2.05) is 0 Å². The molecule has 0 heterocycles. The number of esters is 4. The van der Waals surface area contributed by atoms with Gasteiger partial charge < -0.3 is 33.8 Å². The third-order valence-electron chi connectivity index (χ3n) is 19.6. The Labute approximate surface area is 637 Å². The van der Waals surface area contributed by atoms with Crippen molar-refractivity contribution in [2.24, 2.45) is 17.8 Å². The van der Waals surface area contributed by atoms with Crippen LogP contribution in [0.1, 0.15) is 421 Å². The molecule has 0 aromatic heterocycles. The Morgan fingerprint density at radius 2 is 0.567 bits per heavy atom. The minimum atomic E-state index is -4.97. The van der Waals surface area contributed by atoms with Crippen LogP contribution in [0.4, 0.5) is 0 Å². The number of ether oxygens (including phenoxy) is 4. The average molecular weight is 1520 g/mol. The lowest BCUT2D eigenvalue weighted by Gasteiger charge is -2.21. The number of hydrogen-bond acceptors (Lipinski definition) is 15. The van der Waals surface area contributed by atoms with Gasteiger partial charge in [-0.3, -0.25) is 37.3 Å². The summed E-state index contributed by atoms with van der Waals surface area (Å²) in [6, 6.07) is 0. The van der Waals surface area contributed by atoms with Crippen LogP contribution in [0, 0.1) is 17.8 Å². The predicted octanol–water partition coefficient (Wildman–Crippen LogP) is 25.3. The number of unbranched alkanes of at least 4 members (excludes halogenated alkanes) is 45. The molecule has 104 heavy (non-hydrogen) atoms. The first-order valence-corrected chi connectivity index (χ1v) is 46.2. The fraction of sp³-hybridized carbons (Fsp3) is 0.906. The van der Waals surface area contributed by atoms with E-state index in [-0.39, 0.29) is 25.7 Å². The summed E-state index contributed by atoms with van der Waals surface area (Å²) in [4.78, 5) is 73.1. The molecule has 0 spiro atoms. The molecule has 0 aliphatic carbocycles. The Bertz CT molecular complexity index is 2110. The van der Waals surface area contributed by atoms with Gasteiger partial charge in [0, 0.05) is 25.7 Å². The van der Waals surface area contributed by atoms with E-state index in [4.69, 9.17) is 37.0 Å². The molecule has 0 saturated heterocycles. The smallest absolute Gasteiger partial charge is 0.462 e. The molecule has 19 heteroatoms. The molecule has 0 rings (SSSR count). The summed E-state index contributed by atoms with van der Waals surface area (Å²) in [5.41, 5.74) is 0. The number of phosphoric acid groups is 2. The molecule has 6 atom stereocenters. The van der Waals surface area contributed by atoms with Crippen molar-refractivity contribution in [1.82, 2.24) is 0 Å². The minimum Gasteiger partial charge on any atom is -0.462 e. The maximum Gasteiger partial charge on any atom is 0.472 e. The fourth-order valence-corrected chi connectivity index (χ4v) is 14.2. The number of allylic oxidation sites excluding steroid dienone is 4. The van der Waals surface area contributed by atoms with E-state index in [0.717, 1.165) is 121 Å². The van der Waals surface area contributed by atoms with Gasteiger partial charge >= 0.3 is 39.5 Å². The molecule has 4 unspecified atom stereocenters. The number of carbonyl (C=O) groups is 4. The van der Waals surface area contributed by atoms with Crippen LogP contribution < -0.4 is 0 Å². The van der Waals surface area contributed by atoms with Crippen LogP contribution >= 0.6 is 15.6 Å². The maximum atomic E-state index is 13.1. The zero-order chi connectivity index (χ0) is 76.5. The Hall–Kier alpha value is -2.46. The summed E-state index contributed by atoms with van der Waals surface area (Å²) in [5, 5.41) is 10.7. The summed E-state index contributed by atoms with van der Waals surface area (Å²) < 4.78 is 68.8. The van der Waals surface area contributed by atoms with Crippen molar-refractivity contribution in [3.05, 3.63) is 24.3 Å². The van der Waals surface area contributed by atoms with Crippen molar-refractivity contribution in [3.8, 4) is 0 Å². The van der Waals surface area contributed by atoms with Crippen molar-refractivity contribution < 1.29 is 80.2 Å². The van der Waals surface area contributed by atoms with E-state index in [2.05, 4.69) is 72.8 Å². The standard InChI is InChI=1S/C85H162O17P2/c1-8-10-11-12-13-14-15-16-21-29-34-39-46-54-61-68-84(89)101-80(72-95-82(87)66-59-52-45-38-33-28-25-24-26-31-36-42-49-56-63-76(3)4)74-99-103(91,92)97-70-79(86)71-98-104(93,94)100-75-81(73-96-83(88)67-60-53-48-41-43-50-57-64-77(5)6)102-85(90)69-62-55-47-40-35-30-23-20-18-17-19-22-27-32-37-44-51-58-65-78(7)9-2/h14-16,21,76-81,86H,8-13,17-20,22-75H2,1-7H3,(H,91,92)(H,93,94)/b15-14-,21-16-/t78?,79?,80-,81-/m1/s1. The average Bonchev–Trinajstić information content (AvgIpc) is 0.907. The lowest BCUT2D eigenvalue weighted by atomic mass is 9.99. The second-order valence-corrected chi connectivity index (χ2v) is 34.0. The summed E-state index contributed by atoms with van der Waals surface area (Å²) in [6.07, 6.45) is 67.5. The summed E-state index contributed by atoms with van der Waals surface area (Å²) in [6.45, 7) is 11.9. The maximum absolute atomic E-state index is 13.1. The molecule has 0 amide bonds. The number of aliphatic hydroxyl groups is 1. The number of hydrogen-bond donors (Lipinski definition) is 3. The van der Waals surface area contributed by atoms with Gasteiger partial charge in [0.15, 0.2) is 12.2 Å². The minimum absolute atomic E-state index is 0.0851. The second kappa shape index (κ2) is 74.6. The van der Waals surface area contributed by atoms with E-state index in [0.29, 0.717) is 31.6 Å².